The summed E-state index contributed by atoms with van der Waals surface area (Å²) in [6.45, 7) is 2.74. The summed E-state index contributed by atoms with van der Waals surface area (Å²) in [4.78, 5) is 11.1. The molecule has 0 atom stereocenters. The fourth-order valence-corrected chi connectivity index (χ4v) is 1.96. The van der Waals surface area contributed by atoms with Crippen molar-refractivity contribution in [3.63, 3.8) is 0 Å². The van der Waals surface area contributed by atoms with E-state index in [1.807, 2.05) is 6.92 Å². The van der Waals surface area contributed by atoms with E-state index in [2.05, 4.69) is 5.32 Å². The van der Waals surface area contributed by atoms with E-state index in [0.717, 1.165) is 5.56 Å². The minimum atomic E-state index is -0.973. The molecule has 0 saturated carbocycles. The van der Waals surface area contributed by atoms with Crippen LogP contribution in [0.5, 0.6) is 11.5 Å². The highest BCUT2D eigenvalue weighted by Crippen LogP contribution is 2.27. The SMILES string of the molecule is CCOc1cc(CNc2ccccc2C(=O)O)ccc1O. The van der Waals surface area contributed by atoms with Crippen LogP contribution < -0.4 is 10.1 Å². The van der Waals surface area contributed by atoms with Crippen molar-refractivity contribution in [1.82, 2.24) is 0 Å². The van der Waals surface area contributed by atoms with Crippen molar-refractivity contribution in [3.05, 3.63) is 53.6 Å². The maximum Gasteiger partial charge on any atom is 0.337 e. The zero-order valence-electron chi connectivity index (χ0n) is 11.7. The minimum Gasteiger partial charge on any atom is -0.504 e. The molecule has 0 amide bonds. The average molecular weight is 287 g/mol. The molecule has 0 bridgehead atoms. The molecule has 2 aromatic carbocycles. The summed E-state index contributed by atoms with van der Waals surface area (Å²) >= 11 is 0. The predicted molar refractivity (Wildman–Crippen MR) is 80.0 cm³/mol. The number of para-hydroxylation sites is 1. The first kappa shape index (κ1) is 14.7. The highest BCUT2D eigenvalue weighted by atomic mass is 16.5. The van der Waals surface area contributed by atoms with Crippen LogP contribution in [0.25, 0.3) is 0 Å². The standard InChI is InChI=1S/C16H17NO4/c1-2-21-15-9-11(7-8-14(15)18)10-17-13-6-4-3-5-12(13)16(19)20/h3-9,17-18H,2,10H2,1H3,(H,19,20). The average Bonchev–Trinajstić information content (AvgIpc) is 2.48. The summed E-state index contributed by atoms with van der Waals surface area (Å²) in [5, 5.41) is 21.8. The number of ether oxygens (including phenoxy) is 1. The second kappa shape index (κ2) is 6.65. The molecular weight excluding hydrogens is 270 g/mol. The van der Waals surface area contributed by atoms with E-state index < -0.39 is 5.97 Å². The lowest BCUT2D eigenvalue weighted by molar-refractivity contribution is 0.0698. The highest BCUT2D eigenvalue weighted by molar-refractivity contribution is 5.94. The molecule has 0 saturated heterocycles. The van der Waals surface area contributed by atoms with Crippen molar-refractivity contribution in [2.75, 3.05) is 11.9 Å². The highest BCUT2D eigenvalue weighted by Gasteiger charge is 2.09. The molecule has 2 aromatic rings. The molecule has 0 heterocycles. The molecule has 0 aliphatic heterocycles. The largest absolute Gasteiger partial charge is 0.504 e. The summed E-state index contributed by atoms with van der Waals surface area (Å²) in [6, 6.07) is 11.8. The Balaban J connectivity index is 2.13. The molecule has 110 valence electrons. The number of aromatic carboxylic acids is 1. The van der Waals surface area contributed by atoms with Crippen molar-refractivity contribution in [1.29, 1.82) is 0 Å². The van der Waals surface area contributed by atoms with Gasteiger partial charge in [-0.05, 0) is 36.8 Å². The number of carboxylic acids is 1. The predicted octanol–water partition coefficient (Wildman–Crippen LogP) is 3.10. The van der Waals surface area contributed by atoms with Crippen LogP contribution in [0.1, 0.15) is 22.8 Å². The van der Waals surface area contributed by atoms with Crippen LogP contribution in [0.2, 0.25) is 0 Å². The number of nitrogens with one attached hydrogen (secondary N) is 1. The summed E-state index contributed by atoms with van der Waals surface area (Å²) in [6.07, 6.45) is 0. The summed E-state index contributed by atoms with van der Waals surface area (Å²) in [7, 11) is 0. The van der Waals surface area contributed by atoms with Crippen LogP contribution in [0.4, 0.5) is 5.69 Å². The molecule has 0 spiro atoms. The molecule has 0 unspecified atom stereocenters. The fraction of sp³-hybridized carbons (Fsp3) is 0.188. The number of hydrogen-bond donors (Lipinski definition) is 3. The van der Waals surface area contributed by atoms with Crippen LogP contribution in [0.3, 0.4) is 0 Å². The van der Waals surface area contributed by atoms with Crippen molar-refractivity contribution >= 4 is 11.7 Å². The lowest BCUT2D eigenvalue weighted by Gasteiger charge is -2.11. The maximum absolute atomic E-state index is 11.1. The Kier molecular flexibility index (Phi) is 4.66. The van der Waals surface area contributed by atoms with Gasteiger partial charge >= 0.3 is 5.97 Å². The molecule has 0 aromatic heterocycles. The summed E-state index contributed by atoms with van der Waals surface area (Å²) in [5.74, 6) is -0.464. The van der Waals surface area contributed by atoms with Crippen LogP contribution in [-0.2, 0) is 6.54 Å². The number of anilines is 1. The van der Waals surface area contributed by atoms with Gasteiger partial charge in [-0.3, -0.25) is 0 Å². The number of carboxylic acid groups (broad SMARTS) is 1. The van der Waals surface area contributed by atoms with Gasteiger partial charge in [0.25, 0.3) is 0 Å². The van der Waals surface area contributed by atoms with Crippen molar-refractivity contribution < 1.29 is 19.7 Å². The first-order valence-electron chi connectivity index (χ1n) is 6.62. The monoisotopic (exact) mass is 287 g/mol. The maximum atomic E-state index is 11.1. The van der Waals surface area contributed by atoms with Crippen molar-refractivity contribution in [2.45, 2.75) is 13.5 Å². The van der Waals surface area contributed by atoms with Gasteiger partial charge in [-0.15, -0.1) is 0 Å². The Labute approximate surface area is 122 Å². The number of carbonyl (C=O) groups is 1. The van der Waals surface area contributed by atoms with E-state index >= 15 is 0 Å². The summed E-state index contributed by atoms with van der Waals surface area (Å²) < 4.78 is 5.32. The Morgan fingerprint density at radius 1 is 1.24 bits per heavy atom. The first-order chi connectivity index (χ1) is 10.1. The van der Waals surface area contributed by atoms with Gasteiger partial charge in [-0.1, -0.05) is 18.2 Å². The molecule has 0 aliphatic carbocycles. The molecular formula is C16H17NO4. The van der Waals surface area contributed by atoms with Gasteiger partial charge < -0.3 is 20.3 Å². The van der Waals surface area contributed by atoms with E-state index in [0.29, 0.717) is 24.6 Å². The smallest absolute Gasteiger partial charge is 0.337 e. The molecule has 0 fully saturated rings. The third kappa shape index (κ3) is 3.66. The number of phenolic OH excluding ortho intramolecular Hbond substituents is 1. The van der Waals surface area contributed by atoms with E-state index in [4.69, 9.17) is 9.84 Å². The normalized spacial score (nSPS) is 10.1. The molecule has 0 radical (unpaired) electrons. The molecule has 21 heavy (non-hydrogen) atoms. The minimum absolute atomic E-state index is 0.0894. The van der Waals surface area contributed by atoms with Crippen molar-refractivity contribution in [2.24, 2.45) is 0 Å². The van der Waals surface area contributed by atoms with Crippen LogP contribution >= 0.6 is 0 Å². The third-order valence-electron chi connectivity index (χ3n) is 2.96. The quantitative estimate of drug-likeness (QED) is 0.761. The fourth-order valence-electron chi connectivity index (χ4n) is 1.96. The molecule has 2 rings (SSSR count). The van der Waals surface area contributed by atoms with Gasteiger partial charge in [0.15, 0.2) is 11.5 Å². The van der Waals surface area contributed by atoms with Gasteiger partial charge in [0.2, 0.25) is 0 Å². The summed E-state index contributed by atoms with van der Waals surface area (Å²) in [5.41, 5.74) is 1.66. The van der Waals surface area contributed by atoms with E-state index in [9.17, 15) is 9.90 Å². The zero-order valence-corrected chi connectivity index (χ0v) is 11.7. The lowest BCUT2D eigenvalue weighted by Crippen LogP contribution is -2.06. The molecule has 0 aliphatic rings. The lowest BCUT2D eigenvalue weighted by atomic mass is 10.1. The number of rotatable bonds is 6. The van der Waals surface area contributed by atoms with Gasteiger partial charge in [-0.2, -0.15) is 0 Å². The van der Waals surface area contributed by atoms with Gasteiger partial charge in [0.1, 0.15) is 0 Å². The van der Waals surface area contributed by atoms with Crippen molar-refractivity contribution in [3.8, 4) is 11.5 Å². The molecule has 3 N–H and O–H groups in total. The van der Waals surface area contributed by atoms with E-state index in [-0.39, 0.29) is 11.3 Å². The third-order valence-corrected chi connectivity index (χ3v) is 2.96. The Morgan fingerprint density at radius 2 is 2.00 bits per heavy atom. The van der Waals surface area contributed by atoms with Crippen LogP contribution in [0, 0.1) is 0 Å². The number of phenols is 1. The number of hydrogen-bond acceptors (Lipinski definition) is 4. The van der Waals surface area contributed by atoms with Crippen LogP contribution in [0.15, 0.2) is 42.5 Å². The topological polar surface area (TPSA) is 78.8 Å². The van der Waals surface area contributed by atoms with Gasteiger partial charge in [0, 0.05) is 12.2 Å². The van der Waals surface area contributed by atoms with E-state index in [1.165, 1.54) is 0 Å². The Morgan fingerprint density at radius 3 is 2.71 bits per heavy atom. The van der Waals surface area contributed by atoms with Gasteiger partial charge in [-0.25, -0.2) is 4.79 Å². The number of aromatic hydroxyl groups is 1. The Bertz CT molecular complexity index is 640. The second-order valence-electron chi connectivity index (χ2n) is 4.44. The van der Waals surface area contributed by atoms with Crippen LogP contribution in [-0.4, -0.2) is 22.8 Å². The zero-order chi connectivity index (χ0) is 15.2. The molecule has 5 heteroatoms. The Hall–Kier alpha value is -2.69. The second-order valence-corrected chi connectivity index (χ2v) is 4.44. The first-order valence-corrected chi connectivity index (χ1v) is 6.62. The molecule has 5 nitrogen and oxygen atoms in total. The van der Waals surface area contributed by atoms with E-state index in [1.54, 1.807) is 42.5 Å². The van der Waals surface area contributed by atoms with Gasteiger partial charge in [0.05, 0.1) is 12.2 Å². The number of benzene rings is 2.